The molecule has 0 fully saturated rings. The van der Waals surface area contributed by atoms with Gasteiger partial charge < -0.3 is 5.11 Å². The Labute approximate surface area is 91.4 Å². The number of aliphatic carboxylic acids is 1. The summed E-state index contributed by atoms with van der Waals surface area (Å²) in [7, 11) is 0. The van der Waals surface area contributed by atoms with Crippen LogP contribution in [0.25, 0.3) is 0 Å². The summed E-state index contributed by atoms with van der Waals surface area (Å²) in [6.45, 7) is 0. The van der Waals surface area contributed by atoms with Crippen LogP contribution in [0.2, 0.25) is 0 Å². The van der Waals surface area contributed by atoms with E-state index in [0.717, 1.165) is 4.47 Å². The van der Waals surface area contributed by atoms with Crippen LogP contribution < -0.4 is 0 Å². The van der Waals surface area contributed by atoms with Crippen molar-refractivity contribution in [1.82, 2.24) is 0 Å². The fourth-order valence-corrected chi connectivity index (χ4v) is 1.61. The number of carbonyl (C=O) groups is 1. The lowest BCUT2D eigenvalue weighted by Gasteiger charge is -2.09. The van der Waals surface area contributed by atoms with Crippen molar-refractivity contribution < 1.29 is 18.7 Å². The second-order valence-corrected chi connectivity index (χ2v) is 4.48. The van der Waals surface area contributed by atoms with Crippen LogP contribution in [0.15, 0.2) is 33.6 Å². The number of hydrogen-bond donors (Lipinski definition) is 1. The topological polar surface area (TPSA) is 37.3 Å². The molecule has 0 spiro atoms. The lowest BCUT2D eigenvalue weighted by molar-refractivity contribution is -0.152. The maximum atomic E-state index is 12.7. The predicted octanol–water partition coefficient (Wildman–Crippen LogP) is 3.22. The first-order valence-corrected chi connectivity index (χ1v) is 5.08. The SMILES string of the molecule is O=C(O)C(F)(F)Sc1ccc(Br)cc1. The molecule has 0 atom stereocenters. The fraction of sp³-hybridized carbons (Fsp3) is 0.125. The lowest BCUT2D eigenvalue weighted by Crippen LogP contribution is -2.23. The molecule has 0 heterocycles. The second-order valence-electron chi connectivity index (χ2n) is 2.38. The van der Waals surface area contributed by atoms with Crippen molar-refractivity contribution in [2.24, 2.45) is 0 Å². The van der Waals surface area contributed by atoms with Gasteiger partial charge >= 0.3 is 11.2 Å². The first-order chi connectivity index (χ1) is 6.42. The van der Waals surface area contributed by atoms with Crippen LogP contribution in [0.1, 0.15) is 0 Å². The van der Waals surface area contributed by atoms with E-state index in [0.29, 0.717) is 0 Å². The Balaban J connectivity index is 2.79. The van der Waals surface area contributed by atoms with Gasteiger partial charge in [-0.25, -0.2) is 4.79 Å². The molecule has 6 heteroatoms. The normalized spacial score (nSPS) is 11.4. The van der Waals surface area contributed by atoms with Gasteiger partial charge in [0.2, 0.25) is 0 Å². The van der Waals surface area contributed by atoms with Crippen molar-refractivity contribution in [1.29, 1.82) is 0 Å². The zero-order valence-corrected chi connectivity index (χ0v) is 9.11. The number of alkyl halides is 2. The van der Waals surface area contributed by atoms with Crippen LogP contribution in [-0.2, 0) is 4.79 Å². The Morgan fingerprint density at radius 3 is 2.29 bits per heavy atom. The number of halogens is 3. The Kier molecular flexibility index (Phi) is 3.49. The summed E-state index contributed by atoms with van der Waals surface area (Å²) >= 11 is 3.15. The molecule has 0 aliphatic carbocycles. The molecular weight excluding hydrogens is 278 g/mol. The number of carboxylic acids is 1. The summed E-state index contributed by atoms with van der Waals surface area (Å²) in [5, 5.41) is 4.39. The number of carboxylic acid groups (broad SMARTS) is 1. The van der Waals surface area contributed by atoms with E-state index < -0.39 is 11.2 Å². The predicted molar refractivity (Wildman–Crippen MR) is 52.6 cm³/mol. The molecule has 0 aromatic heterocycles. The first-order valence-electron chi connectivity index (χ1n) is 3.47. The minimum Gasteiger partial charge on any atom is -0.476 e. The highest BCUT2D eigenvalue weighted by molar-refractivity contribution is 9.10. The molecule has 0 aliphatic heterocycles. The van der Waals surface area contributed by atoms with E-state index in [-0.39, 0.29) is 16.7 Å². The maximum Gasteiger partial charge on any atom is 0.393 e. The third-order valence-electron chi connectivity index (χ3n) is 1.31. The quantitative estimate of drug-likeness (QED) is 0.865. The van der Waals surface area contributed by atoms with E-state index in [9.17, 15) is 13.6 Å². The highest BCUT2D eigenvalue weighted by Crippen LogP contribution is 2.36. The van der Waals surface area contributed by atoms with Crippen molar-refractivity contribution in [3.05, 3.63) is 28.7 Å². The lowest BCUT2D eigenvalue weighted by atomic mass is 10.4. The molecule has 1 aromatic rings. The van der Waals surface area contributed by atoms with Gasteiger partial charge in [-0.15, -0.1) is 0 Å². The zero-order valence-electron chi connectivity index (χ0n) is 6.71. The van der Waals surface area contributed by atoms with Gasteiger partial charge in [0.1, 0.15) is 0 Å². The molecule has 0 saturated heterocycles. The molecule has 76 valence electrons. The van der Waals surface area contributed by atoms with E-state index in [2.05, 4.69) is 15.9 Å². The van der Waals surface area contributed by atoms with Crippen molar-refractivity contribution in [2.45, 2.75) is 10.2 Å². The molecule has 1 N–H and O–H groups in total. The van der Waals surface area contributed by atoms with Crippen molar-refractivity contribution in [3.63, 3.8) is 0 Å². The van der Waals surface area contributed by atoms with Gasteiger partial charge in [0.25, 0.3) is 0 Å². The molecule has 0 unspecified atom stereocenters. The smallest absolute Gasteiger partial charge is 0.393 e. The molecule has 0 bridgehead atoms. The monoisotopic (exact) mass is 282 g/mol. The largest absolute Gasteiger partial charge is 0.476 e. The van der Waals surface area contributed by atoms with Gasteiger partial charge in [-0.3, -0.25) is 0 Å². The van der Waals surface area contributed by atoms with Crippen molar-refractivity contribution in [3.8, 4) is 0 Å². The third-order valence-corrected chi connectivity index (χ3v) is 2.78. The molecular formula is C8H5BrF2O2S. The Bertz CT molecular complexity index is 340. The van der Waals surface area contributed by atoms with E-state index in [4.69, 9.17) is 5.11 Å². The first kappa shape index (κ1) is 11.5. The van der Waals surface area contributed by atoms with Crippen LogP contribution in [0.5, 0.6) is 0 Å². The summed E-state index contributed by atoms with van der Waals surface area (Å²) in [5.41, 5.74) is 0. The summed E-state index contributed by atoms with van der Waals surface area (Å²) in [5.74, 6) is -2.13. The Morgan fingerprint density at radius 1 is 1.36 bits per heavy atom. The van der Waals surface area contributed by atoms with Gasteiger partial charge in [0.15, 0.2) is 0 Å². The molecule has 14 heavy (non-hydrogen) atoms. The van der Waals surface area contributed by atoms with Crippen LogP contribution in [0.3, 0.4) is 0 Å². The molecule has 2 nitrogen and oxygen atoms in total. The Hall–Kier alpha value is -0.620. The second kappa shape index (κ2) is 4.27. The summed E-state index contributed by atoms with van der Waals surface area (Å²) in [6.07, 6.45) is 0. The molecule has 0 saturated carbocycles. The average molecular weight is 283 g/mol. The van der Waals surface area contributed by atoms with Crippen LogP contribution in [0, 0.1) is 0 Å². The summed E-state index contributed by atoms with van der Waals surface area (Å²) < 4.78 is 26.1. The van der Waals surface area contributed by atoms with Crippen molar-refractivity contribution >= 4 is 33.7 Å². The molecule has 0 amide bonds. The molecule has 1 rings (SSSR count). The van der Waals surface area contributed by atoms with Crippen LogP contribution in [-0.4, -0.2) is 16.3 Å². The van der Waals surface area contributed by atoms with Gasteiger partial charge in [0, 0.05) is 9.37 Å². The third kappa shape index (κ3) is 2.95. The van der Waals surface area contributed by atoms with E-state index in [1.807, 2.05) is 0 Å². The zero-order chi connectivity index (χ0) is 10.8. The average Bonchev–Trinajstić information content (AvgIpc) is 2.08. The molecule has 0 aliphatic rings. The van der Waals surface area contributed by atoms with Crippen LogP contribution >= 0.6 is 27.7 Å². The standard InChI is InChI=1S/C8H5BrF2O2S/c9-5-1-3-6(4-2-5)14-8(10,11)7(12)13/h1-4H,(H,12,13). The van der Waals surface area contributed by atoms with E-state index in [1.165, 1.54) is 12.1 Å². The number of hydrogen-bond acceptors (Lipinski definition) is 2. The fourth-order valence-electron chi connectivity index (χ4n) is 0.694. The van der Waals surface area contributed by atoms with Gasteiger partial charge in [0.05, 0.1) is 0 Å². The molecule has 0 radical (unpaired) electrons. The van der Waals surface area contributed by atoms with E-state index >= 15 is 0 Å². The minimum absolute atomic E-state index is 0.00898. The highest BCUT2D eigenvalue weighted by atomic mass is 79.9. The number of thioether (sulfide) groups is 1. The number of benzene rings is 1. The van der Waals surface area contributed by atoms with E-state index in [1.54, 1.807) is 12.1 Å². The highest BCUT2D eigenvalue weighted by Gasteiger charge is 2.40. The van der Waals surface area contributed by atoms with Gasteiger partial charge in [-0.2, -0.15) is 8.78 Å². The molecule has 1 aromatic carbocycles. The summed E-state index contributed by atoms with van der Waals surface area (Å²) in [4.78, 5) is 10.3. The minimum atomic E-state index is -3.78. The Morgan fingerprint density at radius 2 is 1.86 bits per heavy atom. The van der Waals surface area contributed by atoms with Gasteiger partial charge in [-0.05, 0) is 36.0 Å². The van der Waals surface area contributed by atoms with Gasteiger partial charge in [-0.1, -0.05) is 15.9 Å². The summed E-state index contributed by atoms with van der Waals surface area (Å²) in [6, 6.07) is 5.98. The maximum absolute atomic E-state index is 12.7. The van der Waals surface area contributed by atoms with Crippen LogP contribution in [0.4, 0.5) is 8.78 Å². The van der Waals surface area contributed by atoms with Crippen molar-refractivity contribution in [2.75, 3.05) is 0 Å². The number of rotatable bonds is 3.